The van der Waals surface area contributed by atoms with Crippen molar-refractivity contribution in [1.82, 2.24) is 0 Å². The highest BCUT2D eigenvalue weighted by molar-refractivity contribution is 5.02. The quantitative estimate of drug-likeness (QED) is 0.473. The maximum Gasteiger partial charge on any atom is 0.235 e. The molecule has 3 aliphatic rings. The Balaban J connectivity index is 1.78. The fourth-order valence-corrected chi connectivity index (χ4v) is 5.31. The van der Waals surface area contributed by atoms with Gasteiger partial charge in [0.05, 0.1) is 0 Å². The van der Waals surface area contributed by atoms with Crippen LogP contribution in [0.25, 0.3) is 0 Å². The van der Waals surface area contributed by atoms with E-state index < -0.39 is 11.6 Å². The van der Waals surface area contributed by atoms with Crippen molar-refractivity contribution in [3.05, 3.63) is 0 Å². The van der Waals surface area contributed by atoms with Crippen molar-refractivity contribution in [2.45, 2.75) is 106 Å². The van der Waals surface area contributed by atoms with Crippen LogP contribution in [0.2, 0.25) is 0 Å². The summed E-state index contributed by atoms with van der Waals surface area (Å²) in [7, 11) is 0. The van der Waals surface area contributed by atoms with Gasteiger partial charge in [-0.1, -0.05) is 69.2 Å². The molecule has 0 amide bonds. The average molecular weight is 369 g/mol. The second-order valence-electron chi connectivity index (χ2n) is 11.9. The van der Waals surface area contributed by atoms with Gasteiger partial charge >= 0.3 is 0 Å². The fourth-order valence-electron chi connectivity index (χ4n) is 5.31. The van der Waals surface area contributed by atoms with Crippen molar-refractivity contribution < 1.29 is 19.6 Å². The van der Waals surface area contributed by atoms with Gasteiger partial charge in [0, 0.05) is 25.7 Å². The minimum Gasteiger partial charge on any atom is -0.195 e. The zero-order valence-electron chi connectivity index (χ0n) is 18.6. The van der Waals surface area contributed by atoms with Gasteiger partial charge in [0.15, 0.2) is 0 Å². The van der Waals surface area contributed by atoms with Gasteiger partial charge in [-0.2, -0.15) is 19.6 Å². The summed E-state index contributed by atoms with van der Waals surface area (Å²) in [5.41, 5.74) is 0.517. The van der Waals surface area contributed by atoms with Gasteiger partial charge in [-0.05, 0) is 33.5 Å². The summed E-state index contributed by atoms with van der Waals surface area (Å²) in [5.74, 6) is -0.727. The Labute approximate surface area is 160 Å². The molecule has 1 aliphatic heterocycles. The predicted molar refractivity (Wildman–Crippen MR) is 102 cm³/mol. The van der Waals surface area contributed by atoms with E-state index in [2.05, 4.69) is 69.2 Å². The lowest BCUT2D eigenvalue weighted by atomic mass is 9.53. The Bertz CT molecular complexity index is 502. The molecular weight excluding hydrogens is 328 g/mol. The van der Waals surface area contributed by atoms with Crippen LogP contribution in [-0.2, 0) is 19.6 Å². The summed E-state index contributed by atoms with van der Waals surface area (Å²) in [6.45, 7) is 23.0. The predicted octanol–water partition coefficient (Wildman–Crippen LogP) is 6.25. The summed E-state index contributed by atoms with van der Waals surface area (Å²) in [6, 6.07) is 0. The molecule has 0 aromatic carbocycles. The number of hydrogen-bond donors (Lipinski definition) is 0. The Morgan fingerprint density at radius 3 is 1.04 bits per heavy atom. The largest absolute Gasteiger partial charge is 0.235 e. The number of hydrogen-bond acceptors (Lipinski definition) is 4. The van der Waals surface area contributed by atoms with Crippen molar-refractivity contribution in [2.24, 2.45) is 33.5 Å². The average Bonchev–Trinajstić information content (AvgIpc) is 2.47. The van der Waals surface area contributed by atoms with E-state index in [4.69, 9.17) is 19.6 Å². The van der Waals surface area contributed by atoms with Gasteiger partial charge in [0.2, 0.25) is 11.6 Å². The van der Waals surface area contributed by atoms with Crippen molar-refractivity contribution >= 4 is 0 Å². The summed E-state index contributed by atoms with van der Waals surface area (Å²) >= 11 is 0. The zero-order chi connectivity index (χ0) is 19.8. The maximum atomic E-state index is 6.06. The maximum absolute atomic E-state index is 6.06. The third-order valence-corrected chi connectivity index (χ3v) is 9.30. The monoisotopic (exact) mass is 368 g/mol. The lowest BCUT2D eigenvalue weighted by Crippen LogP contribution is -2.62. The smallest absolute Gasteiger partial charge is 0.195 e. The Morgan fingerprint density at radius 1 is 0.538 bits per heavy atom. The molecule has 2 unspecified atom stereocenters. The highest BCUT2D eigenvalue weighted by atomic mass is 17.4. The van der Waals surface area contributed by atoms with Crippen LogP contribution in [0, 0.1) is 33.5 Å². The summed E-state index contributed by atoms with van der Waals surface area (Å²) in [5, 5.41) is 0. The molecule has 0 aromatic heterocycles. The first-order valence-electron chi connectivity index (χ1n) is 10.3. The van der Waals surface area contributed by atoms with Gasteiger partial charge in [-0.3, -0.25) is 0 Å². The van der Waals surface area contributed by atoms with Crippen LogP contribution in [0.3, 0.4) is 0 Å². The van der Waals surface area contributed by atoms with Crippen LogP contribution < -0.4 is 0 Å². The first kappa shape index (κ1) is 20.6. The molecule has 0 radical (unpaired) electrons. The molecular formula is C22H40O4. The minimum absolute atomic E-state index is 0.0585. The van der Waals surface area contributed by atoms with E-state index in [-0.39, 0.29) is 21.7 Å². The molecule has 1 heterocycles. The second kappa shape index (κ2) is 5.68. The normalized spacial score (nSPS) is 46.4. The van der Waals surface area contributed by atoms with Gasteiger partial charge in [-0.15, -0.1) is 0 Å². The van der Waals surface area contributed by atoms with Crippen molar-refractivity contribution in [1.29, 1.82) is 0 Å². The summed E-state index contributed by atoms with van der Waals surface area (Å²) in [4.78, 5) is 24.2. The molecule has 4 nitrogen and oxygen atoms in total. The van der Waals surface area contributed by atoms with Gasteiger partial charge in [0.25, 0.3) is 0 Å². The summed E-state index contributed by atoms with van der Waals surface area (Å²) in [6.07, 6.45) is 3.09. The highest BCUT2D eigenvalue weighted by Crippen LogP contribution is 2.61. The molecule has 152 valence electrons. The topological polar surface area (TPSA) is 36.9 Å². The molecule has 2 aliphatic carbocycles. The fraction of sp³-hybridized carbons (Fsp3) is 1.00. The van der Waals surface area contributed by atoms with Crippen LogP contribution in [0.15, 0.2) is 0 Å². The van der Waals surface area contributed by atoms with E-state index in [1.54, 1.807) is 0 Å². The first-order chi connectivity index (χ1) is 11.6. The molecule has 1 saturated heterocycles. The molecule has 2 atom stereocenters. The van der Waals surface area contributed by atoms with E-state index in [0.717, 1.165) is 25.7 Å². The molecule has 26 heavy (non-hydrogen) atoms. The van der Waals surface area contributed by atoms with E-state index in [1.165, 1.54) is 0 Å². The molecule has 4 heteroatoms. The molecule has 0 N–H and O–H groups in total. The SMILES string of the molecule is CC1CC2(CC(C)(C)C1(C)C)OOC1(CC(C)C(C)(C)C(C)(C)C1)OO2. The van der Waals surface area contributed by atoms with Crippen LogP contribution in [0.5, 0.6) is 0 Å². The van der Waals surface area contributed by atoms with Gasteiger partial charge in [-0.25, -0.2) is 0 Å². The third kappa shape index (κ3) is 2.87. The molecule has 2 spiro atoms. The van der Waals surface area contributed by atoms with E-state index >= 15 is 0 Å². The first-order valence-corrected chi connectivity index (χ1v) is 10.3. The molecule has 0 bridgehead atoms. The summed E-state index contributed by atoms with van der Waals surface area (Å²) < 4.78 is 0. The Kier molecular flexibility index (Phi) is 4.50. The standard InChI is InChI=1S/C22H40O4/c1-15-11-21(13-17(3,4)19(15,7)8)23-25-22(26-24-21)12-16(2)20(9,10)18(5,6)14-22/h15-16H,11-14H2,1-10H3. The van der Waals surface area contributed by atoms with Crippen molar-refractivity contribution in [2.75, 3.05) is 0 Å². The van der Waals surface area contributed by atoms with Crippen LogP contribution in [0.1, 0.15) is 94.9 Å². The highest BCUT2D eigenvalue weighted by Gasteiger charge is 2.62. The molecule has 0 aromatic rings. The Hall–Kier alpha value is -0.160. The van der Waals surface area contributed by atoms with Crippen molar-refractivity contribution in [3.63, 3.8) is 0 Å². The van der Waals surface area contributed by atoms with E-state index in [9.17, 15) is 0 Å². The molecule has 3 fully saturated rings. The van der Waals surface area contributed by atoms with E-state index in [0.29, 0.717) is 11.8 Å². The second-order valence-corrected chi connectivity index (χ2v) is 11.9. The molecule has 3 rings (SSSR count). The lowest BCUT2D eigenvalue weighted by Gasteiger charge is -2.60. The van der Waals surface area contributed by atoms with E-state index in [1.807, 2.05) is 0 Å². The van der Waals surface area contributed by atoms with Crippen LogP contribution >= 0.6 is 0 Å². The van der Waals surface area contributed by atoms with Gasteiger partial charge < -0.3 is 0 Å². The van der Waals surface area contributed by atoms with Crippen molar-refractivity contribution in [3.8, 4) is 0 Å². The minimum atomic E-state index is -0.802. The zero-order valence-corrected chi connectivity index (χ0v) is 18.6. The Morgan fingerprint density at radius 2 is 0.808 bits per heavy atom. The van der Waals surface area contributed by atoms with Crippen LogP contribution in [-0.4, -0.2) is 11.6 Å². The van der Waals surface area contributed by atoms with Gasteiger partial charge in [0.1, 0.15) is 0 Å². The number of rotatable bonds is 0. The third-order valence-electron chi connectivity index (χ3n) is 9.30. The lowest BCUT2D eigenvalue weighted by molar-refractivity contribution is -0.671. The molecule has 2 saturated carbocycles. The van der Waals surface area contributed by atoms with Crippen LogP contribution in [0.4, 0.5) is 0 Å².